The zero-order valence-electron chi connectivity index (χ0n) is 11.3. The van der Waals surface area contributed by atoms with E-state index in [1.807, 2.05) is 0 Å². The van der Waals surface area contributed by atoms with Gasteiger partial charge in [-0.2, -0.15) is 0 Å². The van der Waals surface area contributed by atoms with Crippen LogP contribution in [0.1, 0.15) is 25.0 Å². The van der Waals surface area contributed by atoms with Gasteiger partial charge in [0, 0.05) is 44.4 Å². The van der Waals surface area contributed by atoms with Crippen LogP contribution in [-0.4, -0.2) is 38.2 Å². The SMILES string of the molecule is CC(C)O.O/N=C(\Cl)c1ccc(C[N-]C(O)O)cc1.[Y]. The van der Waals surface area contributed by atoms with E-state index in [1.165, 1.54) is 0 Å². The zero-order valence-corrected chi connectivity index (χ0v) is 14.9. The van der Waals surface area contributed by atoms with Crippen LogP contribution in [0.2, 0.25) is 0 Å². The summed E-state index contributed by atoms with van der Waals surface area (Å²) in [6.45, 7) is 3.64. The molecule has 0 heterocycles. The molecule has 0 unspecified atom stereocenters. The monoisotopic (exact) mass is 378 g/mol. The van der Waals surface area contributed by atoms with E-state index in [1.54, 1.807) is 38.1 Å². The fourth-order valence-electron chi connectivity index (χ4n) is 0.992. The molecule has 1 aromatic carbocycles. The van der Waals surface area contributed by atoms with E-state index >= 15 is 0 Å². The van der Waals surface area contributed by atoms with E-state index in [4.69, 9.17) is 32.1 Å². The molecular formula is C12H18ClN2O4Y-. The summed E-state index contributed by atoms with van der Waals surface area (Å²) < 4.78 is 0. The Bertz CT molecular complexity index is 383. The Labute approximate surface area is 148 Å². The van der Waals surface area contributed by atoms with Crippen molar-refractivity contribution >= 4 is 16.8 Å². The molecule has 0 aliphatic rings. The fraction of sp³-hybridized carbons (Fsp3) is 0.417. The van der Waals surface area contributed by atoms with Crippen LogP contribution in [0.25, 0.3) is 5.32 Å². The summed E-state index contributed by atoms with van der Waals surface area (Å²) in [6.07, 6.45) is -1.83. The second kappa shape index (κ2) is 12.6. The number of halogens is 1. The molecular weight excluding hydrogens is 361 g/mol. The molecule has 1 radical (unpaired) electrons. The first kappa shape index (κ1) is 22.2. The number of benzene rings is 1. The molecule has 20 heavy (non-hydrogen) atoms. The van der Waals surface area contributed by atoms with Crippen LogP contribution < -0.4 is 0 Å². The Morgan fingerprint density at radius 2 is 1.65 bits per heavy atom. The van der Waals surface area contributed by atoms with Gasteiger partial charge in [0.1, 0.15) is 0 Å². The van der Waals surface area contributed by atoms with E-state index < -0.39 is 6.41 Å². The first-order chi connectivity index (χ1) is 8.86. The Morgan fingerprint density at radius 3 is 2.00 bits per heavy atom. The molecule has 6 nitrogen and oxygen atoms in total. The van der Waals surface area contributed by atoms with Gasteiger partial charge >= 0.3 is 0 Å². The van der Waals surface area contributed by atoms with Crippen LogP contribution in [-0.2, 0) is 39.3 Å². The van der Waals surface area contributed by atoms with Crippen LogP contribution in [0.3, 0.4) is 0 Å². The average molecular weight is 379 g/mol. The molecule has 0 saturated heterocycles. The molecule has 0 aliphatic carbocycles. The summed E-state index contributed by atoms with van der Waals surface area (Å²) in [6, 6.07) is 6.71. The molecule has 1 aromatic rings. The normalized spacial score (nSPS) is 10.9. The van der Waals surface area contributed by atoms with Crippen molar-refractivity contribution in [3.05, 3.63) is 40.7 Å². The molecule has 0 saturated carbocycles. The van der Waals surface area contributed by atoms with Crippen LogP contribution >= 0.6 is 11.6 Å². The predicted molar refractivity (Wildman–Crippen MR) is 73.3 cm³/mol. The Hall–Kier alpha value is -0.0761. The zero-order chi connectivity index (χ0) is 14.8. The van der Waals surface area contributed by atoms with Crippen molar-refractivity contribution in [2.45, 2.75) is 32.9 Å². The number of rotatable bonds is 4. The second-order valence-corrected chi connectivity index (χ2v) is 4.23. The molecule has 0 aromatic heterocycles. The molecule has 0 atom stereocenters. The van der Waals surface area contributed by atoms with Gasteiger partial charge in [0.2, 0.25) is 0 Å². The summed E-state index contributed by atoms with van der Waals surface area (Å²) in [7, 11) is 0. The van der Waals surface area contributed by atoms with Crippen molar-refractivity contribution in [2.24, 2.45) is 5.16 Å². The molecule has 0 aliphatic heterocycles. The minimum atomic E-state index is -1.66. The number of nitrogens with zero attached hydrogens (tertiary/aromatic N) is 2. The summed E-state index contributed by atoms with van der Waals surface area (Å²) >= 11 is 5.57. The molecule has 1 rings (SSSR count). The molecule has 0 fully saturated rings. The van der Waals surface area contributed by atoms with Crippen molar-refractivity contribution in [1.29, 1.82) is 0 Å². The third-order valence-corrected chi connectivity index (χ3v) is 2.01. The van der Waals surface area contributed by atoms with Crippen molar-refractivity contribution in [1.82, 2.24) is 0 Å². The van der Waals surface area contributed by atoms with Gasteiger partial charge in [0.05, 0.1) is 6.41 Å². The van der Waals surface area contributed by atoms with Crippen LogP contribution in [0.5, 0.6) is 0 Å². The quantitative estimate of drug-likeness (QED) is 0.276. The Balaban J connectivity index is 0. The smallest absolute Gasteiger partial charge is 0.175 e. The molecule has 111 valence electrons. The summed E-state index contributed by atoms with van der Waals surface area (Å²) in [5.41, 5.74) is 1.38. The molecule has 4 N–H and O–H groups in total. The van der Waals surface area contributed by atoms with Gasteiger partial charge in [-0.05, 0) is 13.8 Å². The average Bonchev–Trinajstić information content (AvgIpc) is 2.35. The minimum Gasteiger partial charge on any atom is -0.609 e. The fourth-order valence-corrected chi connectivity index (χ4v) is 1.12. The van der Waals surface area contributed by atoms with Crippen LogP contribution in [0, 0.1) is 0 Å². The second-order valence-electron chi connectivity index (χ2n) is 3.87. The predicted octanol–water partition coefficient (Wildman–Crippen LogP) is 1.59. The van der Waals surface area contributed by atoms with E-state index in [0.29, 0.717) is 5.56 Å². The first-order valence-electron chi connectivity index (χ1n) is 5.54. The van der Waals surface area contributed by atoms with Crippen molar-refractivity contribution in [3.8, 4) is 0 Å². The van der Waals surface area contributed by atoms with Gasteiger partial charge in [-0.3, -0.25) is 0 Å². The molecule has 8 heteroatoms. The first-order valence-corrected chi connectivity index (χ1v) is 5.92. The number of hydrogen-bond donors (Lipinski definition) is 4. The third-order valence-electron chi connectivity index (χ3n) is 1.72. The van der Waals surface area contributed by atoms with E-state index in [2.05, 4.69) is 10.5 Å². The summed E-state index contributed by atoms with van der Waals surface area (Å²) in [5.74, 6) is 0. The van der Waals surface area contributed by atoms with Crippen LogP contribution in [0.15, 0.2) is 29.4 Å². The third kappa shape index (κ3) is 11.7. The van der Waals surface area contributed by atoms with Gasteiger partial charge in [0.15, 0.2) is 5.17 Å². The van der Waals surface area contributed by atoms with Gasteiger partial charge < -0.3 is 25.8 Å². The maximum atomic E-state index is 8.51. The van der Waals surface area contributed by atoms with E-state index in [9.17, 15) is 0 Å². The van der Waals surface area contributed by atoms with Crippen molar-refractivity contribution in [3.63, 3.8) is 0 Å². The summed E-state index contributed by atoms with van der Waals surface area (Å²) in [5, 5.41) is 39.8. The maximum Gasteiger partial charge on any atom is 0.175 e. The largest absolute Gasteiger partial charge is 0.609 e. The van der Waals surface area contributed by atoms with Crippen LogP contribution in [0.4, 0.5) is 0 Å². The van der Waals surface area contributed by atoms with Gasteiger partial charge in [-0.25, -0.2) is 0 Å². The van der Waals surface area contributed by atoms with E-state index in [0.717, 1.165) is 5.56 Å². The molecule has 0 bridgehead atoms. The van der Waals surface area contributed by atoms with Gasteiger partial charge in [0.25, 0.3) is 0 Å². The van der Waals surface area contributed by atoms with Crippen molar-refractivity contribution in [2.75, 3.05) is 0 Å². The minimum absolute atomic E-state index is 0. The standard InChI is InChI=1S/C9H10ClN2O3.C3H8O.Y/c10-8(12-15)7-3-1-6(2-4-7)5-11-9(13)14;1-3(2)4;/h1-4,9,13-15H,5H2;3-4H,1-2H3;/q-1;;/b12-8-;;. The Kier molecular flexibility index (Phi) is 14.0. The van der Waals surface area contributed by atoms with Crippen molar-refractivity contribution < 1.29 is 53.2 Å². The molecule has 0 amide bonds. The molecule has 0 spiro atoms. The van der Waals surface area contributed by atoms with E-state index in [-0.39, 0.29) is 50.5 Å². The topological polar surface area (TPSA) is 107 Å². The number of aliphatic hydroxyl groups is 3. The number of aliphatic hydroxyl groups excluding tert-OH is 2. The Morgan fingerprint density at radius 1 is 1.20 bits per heavy atom. The number of oxime groups is 1. The maximum absolute atomic E-state index is 8.51. The van der Waals surface area contributed by atoms with Gasteiger partial charge in [-0.1, -0.05) is 46.6 Å². The summed E-state index contributed by atoms with van der Waals surface area (Å²) in [4.78, 5) is 0. The number of hydrogen-bond acceptors (Lipinski definition) is 5. The van der Waals surface area contributed by atoms with Gasteiger partial charge in [-0.15, -0.1) is 6.54 Å².